The molecule has 0 aliphatic carbocycles. The van der Waals surface area contributed by atoms with Crippen LogP contribution in [0.5, 0.6) is 5.75 Å². The number of halogens is 1. The van der Waals surface area contributed by atoms with Crippen molar-refractivity contribution in [1.82, 2.24) is 0 Å². The van der Waals surface area contributed by atoms with Gasteiger partial charge in [-0.2, -0.15) is 0 Å². The van der Waals surface area contributed by atoms with Gasteiger partial charge in [0, 0.05) is 5.57 Å². The van der Waals surface area contributed by atoms with Crippen LogP contribution in [0.1, 0.15) is 12.5 Å². The van der Waals surface area contributed by atoms with Crippen molar-refractivity contribution in [3.05, 3.63) is 41.2 Å². The van der Waals surface area contributed by atoms with E-state index in [9.17, 15) is 9.18 Å². The van der Waals surface area contributed by atoms with Gasteiger partial charge in [0.25, 0.3) is 0 Å². The average molecular weight is 224 g/mol. The fourth-order valence-electron chi connectivity index (χ4n) is 1.06. The SMILES string of the molecule is CC(=CCOc1cc(C)ccc1F)C(=O)O. The van der Waals surface area contributed by atoms with Gasteiger partial charge in [0.15, 0.2) is 11.6 Å². The highest BCUT2D eigenvalue weighted by atomic mass is 19.1. The Kier molecular flexibility index (Phi) is 4.05. The summed E-state index contributed by atoms with van der Waals surface area (Å²) >= 11 is 0. The molecule has 0 heterocycles. The van der Waals surface area contributed by atoms with Crippen LogP contribution in [-0.2, 0) is 4.79 Å². The van der Waals surface area contributed by atoms with Crippen molar-refractivity contribution in [2.45, 2.75) is 13.8 Å². The van der Waals surface area contributed by atoms with Gasteiger partial charge in [-0.1, -0.05) is 6.07 Å². The number of carboxylic acids is 1. The van der Waals surface area contributed by atoms with Crippen LogP contribution in [-0.4, -0.2) is 17.7 Å². The standard InChI is InChI=1S/C12H13FO3/c1-8-3-4-10(13)11(7-8)16-6-5-9(2)12(14)15/h3-5,7H,6H2,1-2H3,(H,14,15). The summed E-state index contributed by atoms with van der Waals surface area (Å²) in [5.41, 5.74) is 1.06. The fourth-order valence-corrected chi connectivity index (χ4v) is 1.06. The monoisotopic (exact) mass is 224 g/mol. The van der Waals surface area contributed by atoms with E-state index in [-0.39, 0.29) is 17.9 Å². The summed E-state index contributed by atoms with van der Waals surface area (Å²) in [7, 11) is 0. The highest BCUT2D eigenvalue weighted by molar-refractivity contribution is 5.85. The maximum atomic E-state index is 13.2. The van der Waals surface area contributed by atoms with Gasteiger partial charge in [-0.15, -0.1) is 0 Å². The van der Waals surface area contributed by atoms with E-state index >= 15 is 0 Å². The van der Waals surface area contributed by atoms with Crippen LogP contribution >= 0.6 is 0 Å². The summed E-state index contributed by atoms with van der Waals surface area (Å²) in [5.74, 6) is -1.32. The second-order valence-corrected chi connectivity index (χ2v) is 3.44. The summed E-state index contributed by atoms with van der Waals surface area (Å²) in [5, 5.41) is 8.58. The van der Waals surface area contributed by atoms with E-state index in [4.69, 9.17) is 9.84 Å². The molecule has 0 aromatic heterocycles. The first-order valence-electron chi connectivity index (χ1n) is 4.79. The van der Waals surface area contributed by atoms with Crippen molar-refractivity contribution in [2.24, 2.45) is 0 Å². The summed E-state index contributed by atoms with van der Waals surface area (Å²) < 4.78 is 18.3. The van der Waals surface area contributed by atoms with E-state index in [1.165, 1.54) is 19.1 Å². The van der Waals surface area contributed by atoms with Crippen LogP contribution in [0.2, 0.25) is 0 Å². The lowest BCUT2D eigenvalue weighted by molar-refractivity contribution is -0.132. The van der Waals surface area contributed by atoms with Crippen LogP contribution in [0, 0.1) is 12.7 Å². The van der Waals surface area contributed by atoms with Crippen LogP contribution in [0.25, 0.3) is 0 Å². The minimum atomic E-state index is -1.01. The van der Waals surface area contributed by atoms with Crippen molar-refractivity contribution in [3.8, 4) is 5.75 Å². The molecule has 0 fully saturated rings. The maximum Gasteiger partial charge on any atom is 0.331 e. The Morgan fingerprint density at radius 2 is 2.25 bits per heavy atom. The number of rotatable bonds is 4. The predicted octanol–water partition coefficient (Wildman–Crippen LogP) is 2.54. The summed E-state index contributed by atoms with van der Waals surface area (Å²) in [6, 6.07) is 4.53. The van der Waals surface area contributed by atoms with Crippen molar-refractivity contribution in [2.75, 3.05) is 6.61 Å². The first-order chi connectivity index (χ1) is 7.50. The van der Waals surface area contributed by atoms with Gasteiger partial charge in [0.2, 0.25) is 0 Å². The first-order valence-corrected chi connectivity index (χ1v) is 4.79. The lowest BCUT2D eigenvalue weighted by Crippen LogP contribution is -2.01. The molecule has 0 radical (unpaired) electrons. The molecule has 0 aliphatic rings. The zero-order chi connectivity index (χ0) is 12.1. The number of carbonyl (C=O) groups is 1. The lowest BCUT2D eigenvalue weighted by atomic mass is 10.2. The Bertz CT molecular complexity index is 424. The Morgan fingerprint density at radius 1 is 1.56 bits per heavy atom. The van der Waals surface area contributed by atoms with E-state index in [1.54, 1.807) is 12.1 Å². The molecule has 0 saturated carbocycles. The number of aryl methyl sites for hydroxylation is 1. The average Bonchev–Trinajstić information content (AvgIpc) is 2.22. The number of carboxylic acid groups (broad SMARTS) is 1. The molecule has 16 heavy (non-hydrogen) atoms. The van der Waals surface area contributed by atoms with Crippen molar-refractivity contribution >= 4 is 5.97 Å². The quantitative estimate of drug-likeness (QED) is 0.799. The Hall–Kier alpha value is -1.84. The lowest BCUT2D eigenvalue weighted by Gasteiger charge is -2.05. The molecule has 0 atom stereocenters. The van der Waals surface area contributed by atoms with E-state index in [0.29, 0.717) is 0 Å². The largest absolute Gasteiger partial charge is 0.486 e. The molecule has 4 heteroatoms. The summed E-state index contributed by atoms with van der Waals surface area (Å²) in [6.45, 7) is 3.32. The number of aliphatic carboxylic acids is 1. The molecule has 0 saturated heterocycles. The molecule has 1 N–H and O–H groups in total. The van der Waals surface area contributed by atoms with Gasteiger partial charge < -0.3 is 9.84 Å². The third-order valence-electron chi connectivity index (χ3n) is 2.05. The molecule has 1 aromatic rings. The topological polar surface area (TPSA) is 46.5 Å². The maximum absolute atomic E-state index is 13.2. The van der Waals surface area contributed by atoms with Gasteiger partial charge >= 0.3 is 5.97 Å². The Balaban J connectivity index is 2.65. The summed E-state index contributed by atoms with van der Waals surface area (Å²) in [6.07, 6.45) is 1.39. The highest BCUT2D eigenvalue weighted by Crippen LogP contribution is 2.18. The zero-order valence-corrected chi connectivity index (χ0v) is 9.16. The zero-order valence-electron chi connectivity index (χ0n) is 9.16. The van der Waals surface area contributed by atoms with Crippen molar-refractivity contribution < 1.29 is 19.0 Å². The van der Waals surface area contributed by atoms with E-state index < -0.39 is 11.8 Å². The Labute approximate surface area is 93.2 Å². The third-order valence-corrected chi connectivity index (χ3v) is 2.05. The smallest absolute Gasteiger partial charge is 0.331 e. The van der Waals surface area contributed by atoms with Crippen molar-refractivity contribution in [3.63, 3.8) is 0 Å². The number of hydrogen-bond acceptors (Lipinski definition) is 2. The highest BCUT2D eigenvalue weighted by Gasteiger charge is 2.03. The molecule has 1 rings (SSSR count). The molecule has 3 nitrogen and oxygen atoms in total. The Morgan fingerprint density at radius 3 is 2.88 bits per heavy atom. The van der Waals surface area contributed by atoms with Gasteiger partial charge in [-0.05, 0) is 37.6 Å². The third kappa shape index (κ3) is 3.38. The number of hydrogen-bond donors (Lipinski definition) is 1. The van der Waals surface area contributed by atoms with Crippen LogP contribution in [0.4, 0.5) is 4.39 Å². The molecule has 0 amide bonds. The molecular formula is C12H13FO3. The minimum absolute atomic E-state index is 0.0402. The molecule has 1 aromatic carbocycles. The van der Waals surface area contributed by atoms with Crippen LogP contribution in [0.15, 0.2) is 29.8 Å². The second-order valence-electron chi connectivity index (χ2n) is 3.44. The minimum Gasteiger partial charge on any atom is -0.486 e. The van der Waals surface area contributed by atoms with Crippen LogP contribution in [0.3, 0.4) is 0 Å². The molecule has 0 bridgehead atoms. The van der Waals surface area contributed by atoms with Gasteiger partial charge in [-0.3, -0.25) is 0 Å². The van der Waals surface area contributed by atoms with Gasteiger partial charge in [0.1, 0.15) is 6.61 Å². The predicted molar refractivity (Wildman–Crippen MR) is 58.0 cm³/mol. The normalized spacial score (nSPS) is 11.3. The molecule has 86 valence electrons. The van der Waals surface area contributed by atoms with E-state index in [0.717, 1.165) is 5.56 Å². The summed E-state index contributed by atoms with van der Waals surface area (Å²) in [4.78, 5) is 10.5. The van der Waals surface area contributed by atoms with Crippen LogP contribution < -0.4 is 4.74 Å². The molecular weight excluding hydrogens is 211 g/mol. The number of ether oxygens (including phenoxy) is 1. The molecule has 0 aliphatic heterocycles. The number of benzene rings is 1. The second kappa shape index (κ2) is 5.30. The van der Waals surface area contributed by atoms with Crippen molar-refractivity contribution in [1.29, 1.82) is 0 Å². The molecule has 0 spiro atoms. The van der Waals surface area contributed by atoms with Gasteiger partial charge in [0.05, 0.1) is 0 Å². The molecule has 0 unspecified atom stereocenters. The van der Waals surface area contributed by atoms with Gasteiger partial charge in [-0.25, -0.2) is 9.18 Å². The fraction of sp³-hybridized carbons (Fsp3) is 0.250. The first kappa shape index (κ1) is 12.2. The van der Waals surface area contributed by atoms with E-state index in [2.05, 4.69) is 0 Å². The van der Waals surface area contributed by atoms with E-state index in [1.807, 2.05) is 6.92 Å².